The first-order valence-electron chi connectivity index (χ1n) is 5.03. The van der Waals surface area contributed by atoms with Gasteiger partial charge in [-0.3, -0.25) is 4.29 Å². The lowest BCUT2D eigenvalue weighted by molar-refractivity contribution is 0.251. The van der Waals surface area contributed by atoms with Crippen LogP contribution in [0.5, 0.6) is 11.5 Å². The summed E-state index contributed by atoms with van der Waals surface area (Å²) in [6, 6.07) is 15.5. The highest BCUT2D eigenvalue weighted by Gasteiger charge is 2.27. The third kappa shape index (κ3) is 1.39. The van der Waals surface area contributed by atoms with Crippen molar-refractivity contribution in [2.75, 3.05) is 0 Å². The molecule has 80 valence electrons. The van der Waals surface area contributed by atoms with E-state index < -0.39 is 0 Å². The first-order valence-corrected chi connectivity index (χ1v) is 5.34. The maximum Gasteiger partial charge on any atom is 0.136 e. The van der Waals surface area contributed by atoms with Crippen molar-refractivity contribution in [3.8, 4) is 11.5 Å². The van der Waals surface area contributed by atoms with Gasteiger partial charge < -0.3 is 4.74 Å². The van der Waals surface area contributed by atoms with Gasteiger partial charge in [0.25, 0.3) is 0 Å². The minimum atomic E-state index is -0.261. The lowest BCUT2D eigenvalue weighted by Crippen LogP contribution is -2.09. The average molecular weight is 233 g/mol. The van der Waals surface area contributed by atoms with Crippen LogP contribution in [-0.4, -0.2) is 0 Å². The Bertz CT molecular complexity index is 479. The van der Waals surface area contributed by atoms with Gasteiger partial charge in [0.1, 0.15) is 17.6 Å². The van der Waals surface area contributed by atoms with Crippen molar-refractivity contribution in [1.29, 1.82) is 0 Å². The molecular weight excluding hydrogens is 224 g/mol. The average Bonchev–Trinajstić information content (AvgIpc) is 2.36. The number of fused-ring (bicyclic) bond motifs is 2. The topological polar surface area (TPSA) is 18.5 Å². The largest absolute Gasteiger partial charge is 0.457 e. The number of hydrogen-bond acceptors (Lipinski definition) is 2. The van der Waals surface area contributed by atoms with Gasteiger partial charge in [-0.25, -0.2) is 0 Å². The molecule has 16 heavy (non-hydrogen) atoms. The van der Waals surface area contributed by atoms with Gasteiger partial charge in [-0.1, -0.05) is 36.4 Å². The molecule has 0 aromatic heterocycles. The highest BCUT2D eigenvalue weighted by atomic mass is 35.5. The molecule has 0 bridgehead atoms. The van der Waals surface area contributed by atoms with Crippen molar-refractivity contribution in [2.45, 2.75) is 6.10 Å². The first kappa shape index (κ1) is 9.70. The predicted molar refractivity (Wildman–Crippen MR) is 61.7 cm³/mol. The summed E-state index contributed by atoms with van der Waals surface area (Å²) in [6.07, 6.45) is -0.261. The lowest BCUT2D eigenvalue weighted by Gasteiger charge is -2.25. The highest BCUT2D eigenvalue weighted by Crippen LogP contribution is 2.44. The second-order valence-electron chi connectivity index (χ2n) is 3.65. The predicted octanol–water partition coefficient (Wildman–Crippen LogP) is 4.05. The molecule has 0 saturated carbocycles. The molecule has 0 saturated heterocycles. The van der Waals surface area contributed by atoms with E-state index in [0.717, 1.165) is 22.6 Å². The van der Waals surface area contributed by atoms with Crippen LogP contribution >= 0.6 is 11.9 Å². The maximum absolute atomic E-state index is 5.77. The Morgan fingerprint density at radius 2 is 1.38 bits per heavy atom. The fourth-order valence-corrected chi connectivity index (χ4v) is 2.15. The van der Waals surface area contributed by atoms with E-state index in [2.05, 4.69) is 0 Å². The number of ether oxygens (including phenoxy) is 1. The summed E-state index contributed by atoms with van der Waals surface area (Å²) in [7, 11) is 0. The lowest BCUT2D eigenvalue weighted by atomic mass is 9.97. The Morgan fingerprint density at radius 1 is 0.875 bits per heavy atom. The van der Waals surface area contributed by atoms with Gasteiger partial charge in [0.2, 0.25) is 0 Å². The van der Waals surface area contributed by atoms with Crippen molar-refractivity contribution < 1.29 is 9.03 Å². The molecule has 0 fully saturated rings. The quantitative estimate of drug-likeness (QED) is 0.739. The van der Waals surface area contributed by atoms with Crippen LogP contribution in [0, 0.1) is 0 Å². The molecule has 0 N–H and O–H groups in total. The third-order valence-corrected chi connectivity index (χ3v) is 2.89. The van der Waals surface area contributed by atoms with Gasteiger partial charge in [-0.15, -0.1) is 0 Å². The Balaban J connectivity index is 2.19. The standard InChI is InChI=1S/C13H9ClO2/c14-16-13-9-5-1-3-7-11(9)15-12-8-4-2-6-10(12)13/h1-8,13H. The minimum absolute atomic E-state index is 0.261. The number of halogens is 1. The summed E-state index contributed by atoms with van der Waals surface area (Å²) >= 11 is 5.58. The normalized spacial score (nSPS) is 13.8. The van der Waals surface area contributed by atoms with E-state index in [0.29, 0.717) is 0 Å². The molecule has 1 aliphatic rings. The van der Waals surface area contributed by atoms with E-state index in [-0.39, 0.29) is 6.10 Å². The summed E-state index contributed by atoms with van der Waals surface area (Å²) in [5.74, 6) is 1.60. The molecule has 2 aromatic carbocycles. The van der Waals surface area contributed by atoms with Gasteiger partial charge in [-0.05, 0) is 12.1 Å². The number of hydrogen-bond donors (Lipinski definition) is 0. The zero-order valence-corrected chi connectivity index (χ0v) is 9.15. The van der Waals surface area contributed by atoms with Crippen LogP contribution in [0.2, 0.25) is 0 Å². The van der Waals surface area contributed by atoms with Gasteiger partial charge in [0, 0.05) is 11.1 Å². The Kier molecular flexibility index (Phi) is 2.31. The Labute approximate surface area is 98.6 Å². The van der Waals surface area contributed by atoms with Crippen LogP contribution in [0.15, 0.2) is 48.5 Å². The smallest absolute Gasteiger partial charge is 0.136 e. The Morgan fingerprint density at radius 3 is 1.88 bits per heavy atom. The summed E-state index contributed by atoms with van der Waals surface area (Å²) in [4.78, 5) is 0. The minimum Gasteiger partial charge on any atom is -0.457 e. The molecule has 1 heterocycles. The van der Waals surface area contributed by atoms with E-state index in [1.165, 1.54) is 0 Å². The van der Waals surface area contributed by atoms with Crippen molar-refractivity contribution >= 4 is 11.9 Å². The van der Waals surface area contributed by atoms with E-state index in [9.17, 15) is 0 Å². The van der Waals surface area contributed by atoms with E-state index >= 15 is 0 Å². The van der Waals surface area contributed by atoms with E-state index in [1.807, 2.05) is 48.5 Å². The molecule has 0 spiro atoms. The molecule has 1 aliphatic heterocycles. The monoisotopic (exact) mass is 232 g/mol. The molecule has 2 aromatic rings. The zero-order chi connectivity index (χ0) is 11.0. The van der Waals surface area contributed by atoms with Crippen LogP contribution < -0.4 is 4.74 Å². The SMILES string of the molecule is ClOC1c2ccccc2Oc2ccccc21. The fourth-order valence-electron chi connectivity index (χ4n) is 1.96. The number of para-hydroxylation sites is 2. The number of benzene rings is 2. The molecule has 0 radical (unpaired) electrons. The van der Waals surface area contributed by atoms with Gasteiger partial charge >= 0.3 is 0 Å². The van der Waals surface area contributed by atoms with Gasteiger partial charge in [-0.2, -0.15) is 0 Å². The molecule has 3 heteroatoms. The highest BCUT2D eigenvalue weighted by molar-refractivity contribution is 6.07. The van der Waals surface area contributed by atoms with Gasteiger partial charge in [0.15, 0.2) is 0 Å². The molecule has 0 unspecified atom stereocenters. The number of rotatable bonds is 1. The van der Waals surface area contributed by atoms with Crippen molar-refractivity contribution in [1.82, 2.24) is 0 Å². The first-order chi connectivity index (χ1) is 7.90. The van der Waals surface area contributed by atoms with Crippen LogP contribution in [0.4, 0.5) is 0 Å². The van der Waals surface area contributed by atoms with Crippen molar-refractivity contribution in [3.05, 3.63) is 59.7 Å². The van der Waals surface area contributed by atoms with Crippen LogP contribution in [0.1, 0.15) is 17.2 Å². The summed E-state index contributed by atoms with van der Waals surface area (Å²) in [5, 5.41) is 0. The van der Waals surface area contributed by atoms with Crippen LogP contribution in [-0.2, 0) is 4.29 Å². The second kappa shape index (κ2) is 3.81. The maximum atomic E-state index is 5.77. The second-order valence-corrected chi connectivity index (χ2v) is 3.83. The van der Waals surface area contributed by atoms with E-state index in [1.54, 1.807) is 0 Å². The van der Waals surface area contributed by atoms with Gasteiger partial charge in [0.05, 0.1) is 11.9 Å². The zero-order valence-electron chi connectivity index (χ0n) is 8.39. The van der Waals surface area contributed by atoms with Crippen LogP contribution in [0.25, 0.3) is 0 Å². The van der Waals surface area contributed by atoms with E-state index in [4.69, 9.17) is 20.9 Å². The van der Waals surface area contributed by atoms with Crippen molar-refractivity contribution in [3.63, 3.8) is 0 Å². The van der Waals surface area contributed by atoms with Crippen molar-refractivity contribution in [2.24, 2.45) is 0 Å². The molecular formula is C13H9ClO2. The molecule has 0 amide bonds. The third-order valence-electron chi connectivity index (χ3n) is 2.71. The summed E-state index contributed by atoms with van der Waals surface area (Å²) in [5.41, 5.74) is 1.91. The molecule has 0 aliphatic carbocycles. The summed E-state index contributed by atoms with van der Waals surface area (Å²) in [6.45, 7) is 0. The Hall–Kier alpha value is -1.51. The fraction of sp³-hybridized carbons (Fsp3) is 0.0769. The molecule has 3 rings (SSSR count). The molecule has 2 nitrogen and oxygen atoms in total. The van der Waals surface area contributed by atoms with Crippen LogP contribution in [0.3, 0.4) is 0 Å². The molecule has 0 atom stereocenters. The summed E-state index contributed by atoms with van der Waals surface area (Å²) < 4.78 is 10.8.